The minimum Gasteiger partial charge on any atom is -0.394 e. The lowest BCUT2D eigenvalue weighted by Gasteiger charge is -2.61. The summed E-state index contributed by atoms with van der Waals surface area (Å²) in [6, 6.07) is 0. The molecule has 9 aliphatic rings. The molecule has 18 heteroatoms. The van der Waals surface area contributed by atoms with Crippen LogP contribution in [0.25, 0.3) is 0 Å². The van der Waals surface area contributed by atoms with Gasteiger partial charge in [-0.25, -0.2) is 0 Å². The molecule has 0 aromatic rings. The molecule has 63 heavy (non-hydrogen) atoms. The van der Waals surface area contributed by atoms with E-state index in [0.717, 1.165) is 51.6 Å². The summed E-state index contributed by atoms with van der Waals surface area (Å²) in [4.78, 5) is 0. The number of hydrogen-bond acceptors (Lipinski definition) is 18. The van der Waals surface area contributed by atoms with E-state index in [4.69, 9.17) is 37.9 Å². The van der Waals surface area contributed by atoms with Crippen molar-refractivity contribution in [2.75, 3.05) is 26.4 Å². The molecule has 18 nitrogen and oxygen atoms in total. The van der Waals surface area contributed by atoms with Gasteiger partial charge in [0, 0.05) is 12.3 Å². The Morgan fingerprint density at radius 2 is 1.14 bits per heavy atom. The fourth-order valence-electron chi connectivity index (χ4n) is 14.7. The highest BCUT2D eigenvalue weighted by molar-refractivity contribution is 5.15. The van der Waals surface area contributed by atoms with E-state index >= 15 is 0 Å². The highest BCUT2D eigenvalue weighted by Gasteiger charge is 2.69. The van der Waals surface area contributed by atoms with Crippen LogP contribution in [0.4, 0.5) is 0 Å². The third-order valence-corrected chi connectivity index (χ3v) is 18.3. The van der Waals surface area contributed by atoms with Gasteiger partial charge in [-0.05, 0) is 104 Å². The first-order valence-electron chi connectivity index (χ1n) is 23.8. The molecule has 0 amide bonds. The predicted molar refractivity (Wildman–Crippen MR) is 216 cm³/mol. The van der Waals surface area contributed by atoms with Crippen molar-refractivity contribution in [3.63, 3.8) is 0 Å². The summed E-state index contributed by atoms with van der Waals surface area (Å²) in [6.07, 6.45) is -14.5. The first kappa shape index (κ1) is 47.4. The molecule has 9 rings (SSSR count). The van der Waals surface area contributed by atoms with Gasteiger partial charge < -0.3 is 89.0 Å². The van der Waals surface area contributed by atoms with Crippen LogP contribution in [-0.2, 0) is 37.9 Å². The molecule has 0 unspecified atom stereocenters. The van der Waals surface area contributed by atoms with Crippen LogP contribution in [0.1, 0.15) is 91.9 Å². The molecule has 0 radical (unpaired) electrons. The van der Waals surface area contributed by atoms with Crippen molar-refractivity contribution in [2.45, 2.75) is 202 Å². The largest absolute Gasteiger partial charge is 0.394 e. The van der Waals surface area contributed by atoms with Crippen LogP contribution in [-0.4, -0.2) is 188 Å². The maximum Gasteiger partial charge on any atom is 0.187 e. The molecule has 5 heterocycles. The van der Waals surface area contributed by atoms with Crippen LogP contribution in [0.2, 0.25) is 0 Å². The zero-order valence-corrected chi connectivity index (χ0v) is 37.0. The average Bonchev–Trinajstić information content (AvgIpc) is 3.72. The van der Waals surface area contributed by atoms with Crippen molar-refractivity contribution in [2.24, 2.45) is 52.3 Å². The Balaban J connectivity index is 0.894. The van der Waals surface area contributed by atoms with Gasteiger partial charge in [-0.1, -0.05) is 27.7 Å². The van der Waals surface area contributed by atoms with Gasteiger partial charge in [-0.15, -0.1) is 0 Å². The summed E-state index contributed by atoms with van der Waals surface area (Å²) in [5.41, 5.74) is 0.303. The number of hydrogen-bond donors (Lipinski definition) is 10. The van der Waals surface area contributed by atoms with Crippen LogP contribution in [0.15, 0.2) is 0 Å². The zero-order chi connectivity index (χ0) is 44.9. The molecule has 5 saturated heterocycles. The highest BCUT2D eigenvalue weighted by atomic mass is 16.8. The van der Waals surface area contributed by atoms with Crippen molar-refractivity contribution in [3.05, 3.63) is 0 Å². The normalized spacial score (nSPS) is 58.2. The lowest BCUT2D eigenvalue weighted by Crippen LogP contribution is -2.67. The third kappa shape index (κ3) is 7.88. The minimum absolute atomic E-state index is 0.0941. The van der Waals surface area contributed by atoms with Crippen LogP contribution in [0, 0.1) is 52.3 Å². The Morgan fingerprint density at radius 3 is 1.75 bits per heavy atom. The Labute approximate surface area is 369 Å². The molecule has 9 fully saturated rings. The molecule has 10 N–H and O–H groups in total. The fraction of sp³-hybridized carbons (Fsp3) is 1.00. The molecule has 0 aromatic carbocycles. The van der Waals surface area contributed by atoms with E-state index in [1.165, 1.54) is 12.8 Å². The molecular weight excluding hydrogens is 828 g/mol. The van der Waals surface area contributed by atoms with Crippen molar-refractivity contribution >= 4 is 0 Å². The van der Waals surface area contributed by atoms with Crippen LogP contribution >= 0.6 is 0 Å². The molecule has 5 aliphatic heterocycles. The second-order valence-corrected chi connectivity index (χ2v) is 21.5. The zero-order valence-electron chi connectivity index (χ0n) is 37.0. The van der Waals surface area contributed by atoms with Gasteiger partial charge in [0.2, 0.25) is 0 Å². The maximum atomic E-state index is 12.0. The average molecular weight is 903 g/mol. The van der Waals surface area contributed by atoms with Gasteiger partial charge in [0.25, 0.3) is 0 Å². The standard InChI is InChI=1S/C45H74O18/c1-19-7-12-45(56-18-19)20(2)30-26(63-45)14-25-23-6-5-21-13-22(8-10-43(21,3)24(23)9-11-44(25,30)4)57-42-37(55)39(62-41-36(54)34(52)32(50)28(16-47)59-41)38(29(17-48)60-42)61-40-35(53)33(51)31(49)27(15-46)58-40/h19-42,46-55H,5-18H2,1-4H3/t19-,20-,21-,22+,23+,24-,25-,26-,27-,28-,29-,30+,31+,32+,33-,34-,35+,36-,37-,38+,39+,40-,41-,42+,43-,44-,45+/m0/s1. The fourth-order valence-corrected chi connectivity index (χ4v) is 14.7. The van der Waals surface area contributed by atoms with Gasteiger partial charge in [0.1, 0.15) is 73.2 Å². The first-order valence-corrected chi connectivity index (χ1v) is 23.8. The van der Waals surface area contributed by atoms with E-state index in [9.17, 15) is 51.1 Å². The number of aliphatic hydroxyl groups is 10. The monoisotopic (exact) mass is 902 g/mol. The number of ether oxygens (including phenoxy) is 8. The van der Waals surface area contributed by atoms with Gasteiger partial charge in [-0.2, -0.15) is 0 Å². The lowest BCUT2D eigenvalue weighted by atomic mass is 9.44. The van der Waals surface area contributed by atoms with E-state index in [2.05, 4.69) is 27.7 Å². The van der Waals surface area contributed by atoms with E-state index in [-0.39, 0.29) is 23.0 Å². The third-order valence-electron chi connectivity index (χ3n) is 18.3. The smallest absolute Gasteiger partial charge is 0.187 e. The predicted octanol–water partition coefficient (Wildman–Crippen LogP) is -0.734. The van der Waals surface area contributed by atoms with Crippen molar-refractivity contribution in [1.29, 1.82) is 0 Å². The molecule has 4 aliphatic carbocycles. The van der Waals surface area contributed by atoms with Crippen LogP contribution in [0.3, 0.4) is 0 Å². The second-order valence-electron chi connectivity index (χ2n) is 21.5. The summed E-state index contributed by atoms with van der Waals surface area (Å²) in [6.45, 7) is 8.20. The summed E-state index contributed by atoms with van der Waals surface area (Å²) in [7, 11) is 0. The molecular formula is C45H74O18. The number of rotatable bonds is 9. The van der Waals surface area contributed by atoms with Crippen molar-refractivity contribution in [3.8, 4) is 0 Å². The molecule has 0 bridgehead atoms. The number of aliphatic hydroxyl groups excluding tert-OH is 10. The van der Waals surface area contributed by atoms with Crippen molar-refractivity contribution in [1.82, 2.24) is 0 Å². The van der Waals surface area contributed by atoms with Crippen LogP contribution < -0.4 is 0 Å². The van der Waals surface area contributed by atoms with Gasteiger partial charge >= 0.3 is 0 Å². The maximum absolute atomic E-state index is 12.0. The highest BCUT2D eigenvalue weighted by Crippen LogP contribution is 2.71. The summed E-state index contributed by atoms with van der Waals surface area (Å²) < 4.78 is 49.7. The molecule has 362 valence electrons. The topological polar surface area (TPSA) is 276 Å². The Morgan fingerprint density at radius 1 is 0.556 bits per heavy atom. The van der Waals surface area contributed by atoms with Crippen LogP contribution in [0.5, 0.6) is 0 Å². The second kappa shape index (κ2) is 18.0. The van der Waals surface area contributed by atoms with Gasteiger partial charge in [-0.3, -0.25) is 0 Å². The summed E-state index contributed by atoms with van der Waals surface area (Å²) in [5.74, 6) is 3.12. The first-order chi connectivity index (χ1) is 30.0. The summed E-state index contributed by atoms with van der Waals surface area (Å²) >= 11 is 0. The Bertz CT molecular complexity index is 1570. The molecule has 4 saturated carbocycles. The number of fused-ring (bicyclic) bond motifs is 7. The van der Waals surface area contributed by atoms with E-state index in [1.807, 2.05) is 0 Å². The molecule has 1 spiro atoms. The van der Waals surface area contributed by atoms with E-state index in [0.29, 0.717) is 47.8 Å². The van der Waals surface area contributed by atoms with Crippen molar-refractivity contribution < 1.29 is 89.0 Å². The van der Waals surface area contributed by atoms with Gasteiger partial charge in [0.05, 0.1) is 38.6 Å². The lowest BCUT2D eigenvalue weighted by molar-refractivity contribution is -0.390. The quantitative estimate of drug-likeness (QED) is 0.128. The Hall–Kier alpha value is -0.720. The molecule has 0 aromatic heterocycles. The van der Waals surface area contributed by atoms with E-state index in [1.54, 1.807) is 0 Å². The summed E-state index contributed by atoms with van der Waals surface area (Å²) in [5, 5.41) is 106. The van der Waals surface area contributed by atoms with Gasteiger partial charge in [0.15, 0.2) is 24.7 Å². The minimum atomic E-state index is -1.87. The van der Waals surface area contributed by atoms with E-state index < -0.39 is 118 Å². The SMILES string of the molecule is C[C@H]1CC[C@@]2(OC1)O[C@H]1C[C@H]3[C@@H]4CC[C@H]5C[C@H](O[C@@H]6O[C@@H](CO)[C@@H](O[C@@H]7O[C@@H](CO)[C@@H](O)[C@H](O)[C@H]7O)[C@H](O[C@@H]7O[C@@H](CO)[C@@H](O)[C@H](O)[C@@H]7O)[C@@H]6O)CC[C@]5(C)[C@H]4CC[C@]3(C)[C@@H]1[C@@H]2C. The molecule has 27 atom stereocenters. The Kier molecular flexibility index (Phi) is 13.5.